The average Bonchev–Trinajstić information content (AvgIpc) is 2.16. The quantitative estimate of drug-likeness (QED) is 0.637. The van der Waals surface area contributed by atoms with Gasteiger partial charge in [0.1, 0.15) is 5.72 Å². The Morgan fingerprint density at radius 3 is 1.62 bits per heavy atom. The lowest BCUT2D eigenvalue weighted by Gasteiger charge is -2.28. The molecule has 0 aliphatic heterocycles. The van der Waals surface area contributed by atoms with Gasteiger partial charge in [0.2, 0.25) is 0 Å². The number of nitrogens with two attached hydrogens (primary N) is 1. The highest BCUT2D eigenvalue weighted by atomic mass is 16.5. The maximum absolute atomic E-state index is 6.13. The van der Waals surface area contributed by atoms with E-state index in [0.29, 0.717) is 0 Å². The molecule has 0 atom stereocenters. The summed E-state index contributed by atoms with van der Waals surface area (Å²) in [6.45, 7) is 0. The van der Waals surface area contributed by atoms with Gasteiger partial charge in [-0.1, -0.05) is 32.1 Å². The molecule has 1 aliphatic rings. The van der Waals surface area contributed by atoms with Gasteiger partial charge in [-0.2, -0.15) is 0 Å². The maximum atomic E-state index is 6.13. The van der Waals surface area contributed by atoms with Gasteiger partial charge in [0, 0.05) is 7.11 Å². The number of hydrogen-bond donors (Lipinski definition) is 1. The van der Waals surface area contributed by atoms with Crippen molar-refractivity contribution >= 4 is 0 Å². The van der Waals surface area contributed by atoms with Crippen LogP contribution in [-0.2, 0) is 4.74 Å². The molecule has 0 aromatic carbocycles. The molecule has 2 nitrogen and oxygen atoms in total. The van der Waals surface area contributed by atoms with E-state index in [-0.39, 0.29) is 5.72 Å². The van der Waals surface area contributed by atoms with Crippen LogP contribution >= 0.6 is 0 Å². The van der Waals surface area contributed by atoms with Crippen LogP contribution in [0.1, 0.15) is 57.8 Å². The summed E-state index contributed by atoms with van der Waals surface area (Å²) in [5, 5.41) is 0. The molecule has 1 aliphatic carbocycles. The van der Waals surface area contributed by atoms with Gasteiger partial charge in [-0.15, -0.1) is 0 Å². The number of rotatable bonds is 1. The highest BCUT2D eigenvalue weighted by molar-refractivity contribution is 4.73. The molecule has 2 N–H and O–H groups in total. The zero-order chi connectivity index (χ0) is 9.57. The van der Waals surface area contributed by atoms with E-state index >= 15 is 0 Å². The van der Waals surface area contributed by atoms with Gasteiger partial charge < -0.3 is 10.5 Å². The van der Waals surface area contributed by atoms with Gasteiger partial charge in [0.15, 0.2) is 0 Å². The first kappa shape index (κ1) is 11.0. The zero-order valence-electron chi connectivity index (χ0n) is 8.85. The van der Waals surface area contributed by atoms with Crippen LogP contribution in [0, 0.1) is 0 Å². The largest absolute Gasteiger partial charge is 0.364 e. The predicted molar refractivity (Wildman–Crippen MR) is 55.5 cm³/mol. The molecule has 0 unspecified atom stereocenters. The van der Waals surface area contributed by atoms with Crippen molar-refractivity contribution in [2.45, 2.75) is 63.5 Å². The molecule has 0 radical (unpaired) electrons. The van der Waals surface area contributed by atoms with Crippen molar-refractivity contribution in [2.75, 3.05) is 7.11 Å². The molecule has 0 bridgehead atoms. The van der Waals surface area contributed by atoms with Crippen molar-refractivity contribution in [1.29, 1.82) is 0 Å². The Labute approximate surface area is 81.8 Å². The van der Waals surface area contributed by atoms with Crippen LogP contribution in [-0.4, -0.2) is 12.8 Å². The van der Waals surface area contributed by atoms with E-state index in [4.69, 9.17) is 10.5 Å². The van der Waals surface area contributed by atoms with Crippen molar-refractivity contribution in [3.8, 4) is 0 Å². The summed E-state index contributed by atoms with van der Waals surface area (Å²) in [7, 11) is 1.74. The van der Waals surface area contributed by atoms with Crippen molar-refractivity contribution in [3.05, 3.63) is 0 Å². The third-order valence-corrected chi connectivity index (χ3v) is 3.11. The molecule has 0 amide bonds. The molecule has 13 heavy (non-hydrogen) atoms. The van der Waals surface area contributed by atoms with Gasteiger partial charge >= 0.3 is 0 Å². The van der Waals surface area contributed by atoms with Crippen LogP contribution in [0.15, 0.2) is 0 Å². The molecule has 78 valence electrons. The Balaban J connectivity index is 2.34. The minimum Gasteiger partial charge on any atom is -0.364 e. The molecule has 0 spiro atoms. The van der Waals surface area contributed by atoms with Gasteiger partial charge in [0.05, 0.1) is 0 Å². The minimum absolute atomic E-state index is 0.322. The van der Waals surface area contributed by atoms with Gasteiger partial charge in [-0.05, 0) is 25.7 Å². The Hall–Kier alpha value is -0.0800. The van der Waals surface area contributed by atoms with Crippen molar-refractivity contribution in [3.63, 3.8) is 0 Å². The fraction of sp³-hybridized carbons (Fsp3) is 1.00. The summed E-state index contributed by atoms with van der Waals surface area (Å²) in [6.07, 6.45) is 11.3. The Bertz CT molecular complexity index is 126. The van der Waals surface area contributed by atoms with Crippen molar-refractivity contribution in [2.24, 2.45) is 5.73 Å². The Kier molecular flexibility index (Phi) is 4.74. The summed E-state index contributed by atoms with van der Waals surface area (Å²) >= 11 is 0. The fourth-order valence-electron chi connectivity index (χ4n) is 2.06. The number of hydrogen-bond acceptors (Lipinski definition) is 2. The number of ether oxygens (including phenoxy) is 1. The molecule has 0 aromatic heterocycles. The molecule has 2 heteroatoms. The van der Waals surface area contributed by atoms with E-state index in [0.717, 1.165) is 12.8 Å². The first-order valence-corrected chi connectivity index (χ1v) is 5.61. The summed E-state index contributed by atoms with van der Waals surface area (Å²) < 4.78 is 5.39. The minimum atomic E-state index is -0.322. The zero-order valence-corrected chi connectivity index (χ0v) is 8.85. The maximum Gasteiger partial charge on any atom is 0.116 e. The smallest absolute Gasteiger partial charge is 0.116 e. The molecular formula is C11H23NO. The average molecular weight is 185 g/mol. The molecule has 1 rings (SSSR count). The fourth-order valence-corrected chi connectivity index (χ4v) is 2.06. The highest BCUT2D eigenvalue weighted by Gasteiger charge is 2.23. The SMILES string of the molecule is COC1(N)CCCCCCCCC1. The molecule has 0 aromatic rings. The van der Waals surface area contributed by atoms with Crippen LogP contribution in [0.4, 0.5) is 0 Å². The van der Waals surface area contributed by atoms with E-state index in [1.165, 1.54) is 44.9 Å². The van der Waals surface area contributed by atoms with E-state index in [9.17, 15) is 0 Å². The third kappa shape index (κ3) is 4.10. The van der Waals surface area contributed by atoms with Gasteiger partial charge in [-0.3, -0.25) is 0 Å². The summed E-state index contributed by atoms with van der Waals surface area (Å²) in [4.78, 5) is 0. The predicted octanol–water partition coefficient (Wildman–Crippen LogP) is 2.81. The van der Waals surface area contributed by atoms with Crippen LogP contribution in [0.25, 0.3) is 0 Å². The van der Waals surface area contributed by atoms with E-state index in [1.807, 2.05) is 0 Å². The molecular weight excluding hydrogens is 162 g/mol. The first-order valence-electron chi connectivity index (χ1n) is 5.61. The summed E-state index contributed by atoms with van der Waals surface area (Å²) in [6, 6.07) is 0. The van der Waals surface area contributed by atoms with Crippen molar-refractivity contribution < 1.29 is 4.74 Å². The number of methoxy groups -OCH3 is 1. The first-order chi connectivity index (χ1) is 6.27. The summed E-state index contributed by atoms with van der Waals surface area (Å²) in [5.41, 5.74) is 5.80. The van der Waals surface area contributed by atoms with E-state index < -0.39 is 0 Å². The van der Waals surface area contributed by atoms with Crippen LogP contribution in [0.2, 0.25) is 0 Å². The molecule has 0 heterocycles. The lowest BCUT2D eigenvalue weighted by molar-refractivity contribution is -0.0235. The highest BCUT2D eigenvalue weighted by Crippen LogP contribution is 2.23. The lowest BCUT2D eigenvalue weighted by atomic mass is 9.95. The van der Waals surface area contributed by atoms with Gasteiger partial charge in [0.25, 0.3) is 0 Å². The van der Waals surface area contributed by atoms with Crippen LogP contribution in [0.5, 0.6) is 0 Å². The monoisotopic (exact) mass is 185 g/mol. The summed E-state index contributed by atoms with van der Waals surface area (Å²) in [5.74, 6) is 0. The van der Waals surface area contributed by atoms with Crippen LogP contribution < -0.4 is 5.73 Å². The molecule has 0 saturated heterocycles. The topological polar surface area (TPSA) is 35.2 Å². The van der Waals surface area contributed by atoms with Gasteiger partial charge in [-0.25, -0.2) is 0 Å². The van der Waals surface area contributed by atoms with E-state index in [2.05, 4.69) is 0 Å². The van der Waals surface area contributed by atoms with Crippen LogP contribution in [0.3, 0.4) is 0 Å². The second kappa shape index (κ2) is 5.61. The molecule has 1 fully saturated rings. The lowest BCUT2D eigenvalue weighted by Crippen LogP contribution is -2.41. The standard InChI is InChI=1S/C11H23NO/c1-13-11(12)9-7-5-3-2-4-6-8-10-11/h2-10,12H2,1H3. The third-order valence-electron chi connectivity index (χ3n) is 3.11. The second-order valence-electron chi connectivity index (χ2n) is 4.24. The molecule has 1 saturated carbocycles. The Morgan fingerprint density at radius 1 is 0.846 bits per heavy atom. The normalized spacial score (nSPS) is 25.4. The van der Waals surface area contributed by atoms with E-state index in [1.54, 1.807) is 7.11 Å². The van der Waals surface area contributed by atoms with Crippen molar-refractivity contribution in [1.82, 2.24) is 0 Å². The second-order valence-corrected chi connectivity index (χ2v) is 4.24. The Morgan fingerprint density at radius 2 is 1.23 bits per heavy atom.